The molecule has 2 N–H and O–H groups in total. The lowest BCUT2D eigenvalue weighted by molar-refractivity contribution is -0.132. The summed E-state index contributed by atoms with van der Waals surface area (Å²) in [7, 11) is 2.88. The second kappa shape index (κ2) is 9.18. The largest absolute Gasteiger partial charge is 0.507 e. The van der Waals surface area contributed by atoms with Gasteiger partial charge in [-0.15, -0.1) is 0 Å². The Balaban J connectivity index is 1.75. The number of hydrogen-bond acceptors (Lipinski definition) is 8. The third-order valence-electron chi connectivity index (χ3n) is 5.85. The molecule has 5 rings (SSSR count). The van der Waals surface area contributed by atoms with Crippen molar-refractivity contribution in [3.63, 3.8) is 0 Å². The lowest BCUT2D eigenvalue weighted by Gasteiger charge is -2.23. The number of phenolic OH excluding ortho intramolecular Hbond substituents is 1. The number of amides is 1. The van der Waals surface area contributed by atoms with Crippen LogP contribution in [0.5, 0.6) is 17.2 Å². The van der Waals surface area contributed by atoms with Gasteiger partial charge in [-0.25, -0.2) is 4.98 Å². The van der Waals surface area contributed by atoms with E-state index < -0.39 is 17.7 Å². The first kappa shape index (κ1) is 23.7. The van der Waals surface area contributed by atoms with Gasteiger partial charge < -0.3 is 19.7 Å². The summed E-state index contributed by atoms with van der Waals surface area (Å²) in [5, 5.41) is 22.2. The van der Waals surface area contributed by atoms with Gasteiger partial charge in [0.1, 0.15) is 11.5 Å². The molecule has 0 radical (unpaired) electrons. The predicted molar refractivity (Wildman–Crippen MR) is 137 cm³/mol. The van der Waals surface area contributed by atoms with E-state index in [4.69, 9.17) is 21.1 Å². The molecule has 0 spiro atoms. The summed E-state index contributed by atoms with van der Waals surface area (Å²) in [5.74, 6) is -1.57. The normalized spacial score (nSPS) is 17.1. The lowest BCUT2D eigenvalue weighted by Crippen LogP contribution is -2.29. The Morgan fingerprint density at radius 2 is 1.86 bits per heavy atom. The van der Waals surface area contributed by atoms with Crippen LogP contribution in [0.4, 0.5) is 5.13 Å². The Morgan fingerprint density at radius 3 is 2.61 bits per heavy atom. The zero-order valence-corrected chi connectivity index (χ0v) is 20.6. The topological polar surface area (TPSA) is 109 Å². The number of thiazole rings is 1. The number of aliphatic hydroxyl groups is 1. The molecule has 36 heavy (non-hydrogen) atoms. The van der Waals surface area contributed by atoms with Crippen LogP contribution in [-0.2, 0) is 9.59 Å². The number of carbonyl (C=O) groups excluding carboxylic acids is 2. The van der Waals surface area contributed by atoms with Crippen LogP contribution in [0.25, 0.3) is 16.0 Å². The zero-order valence-electron chi connectivity index (χ0n) is 19.1. The average Bonchev–Trinajstić information content (AvgIpc) is 3.41. The highest BCUT2D eigenvalue weighted by molar-refractivity contribution is 7.22. The predicted octanol–water partition coefficient (Wildman–Crippen LogP) is 5.30. The minimum atomic E-state index is -1.04. The van der Waals surface area contributed by atoms with Crippen molar-refractivity contribution in [3.8, 4) is 17.2 Å². The molecule has 1 saturated heterocycles. The monoisotopic (exact) mass is 522 g/mol. The molecular weight excluding hydrogens is 504 g/mol. The fourth-order valence-electron chi connectivity index (χ4n) is 4.12. The van der Waals surface area contributed by atoms with E-state index in [1.54, 1.807) is 48.5 Å². The van der Waals surface area contributed by atoms with E-state index in [2.05, 4.69) is 4.98 Å². The number of aromatic hydroxyl groups is 1. The van der Waals surface area contributed by atoms with Crippen LogP contribution < -0.4 is 14.4 Å². The number of aliphatic hydroxyl groups excluding tert-OH is 1. The van der Waals surface area contributed by atoms with Crippen LogP contribution in [0.15, 0.2) is 66.2 Å². The molecular formula is C26H19ClN2O6S. The van der Waals surface area contributed by atoms with Crippen LogP contribution in [0.3, 0.4) is 0 Å². The first-order chi connectivity index (χ1) is 17.3. The number of aromatic nitrogens is 1. The lowest BCUT2D eigenvalue weighted by atomic mass is 9.95. The molecule has 1 fully saturated rings. The van der Waals surface area contributed by atoms with Crippen LogP contribution in [0.2, 0.25) is 5.02 Å². The number of halogens is 1. The summed E-state index contributed by atoms with van der Waals surface area (Å²) in [5.41, 5.74) is 1.22. The van der Waals surface area contributed by atoms with Gasteiger partial charge in [-0.3, -0.25) is 14.5 Å². The van der Waals surface area contributed by atoms with Crippen LogP contribution >= 0.6 is 22.9 Å². The van der Waals surface area contributed by atoms with E-state index in [1.165, 1.54) is 42.6 Å². The third-order valence-corrected chi connectivity index (χ3v) is 7.10. The van der Waals surface area contributed by atoms with Crippen molar-refractivity contribution in [2.75, 3.05) is 19.1 Å². The molecule has 3 aromatic carbocycles. The SMILES string of the molecule is COc1cccc(C(O)=C2C(=O)C(=O)N(c3nc4ccc(Cl)cc4s3)C2c2ccc(O)c(OC)c2)c1. The number of fused-ring (bicyclic) bond motifs is 1. The van der Waals surface area contributed by atoms with Crippen molar-refractivity contribution in [2.24, 2.45) is 0 Å². The van der Waals surface area contributed by atoms with E-state index in [1.807, 2.05) is 0 Å². The summed E-state index contributed by atoms with van der Waals surface area (Å²) in [6, 6.07) is 15.1. The highest BCUT2D eigenvalue weighted by Crippen LogP contribution is 2.46. The van der Waals surface area contributed by atoms with Gasteiger partial charge in [0.15, 0.2) is 16.6 Å². The molecule has 10 heteroatoms. The van der Waals surface area contributed by atoms with Crippen molar-refractivity contribution in [1.82, 2.24) is 4.98 Å². The maximum absolute atomic E-state index is 13.4. The molecule has 0 aliphatic carbocycles. The Bertz CT molecular complexity index is 1560. The average molecular weight is 523 g/mol. The molecule has 182 valence electrons. The number of nitrogens with zero attached hydrogens (tertiary/aromatic N) is 2. The number of Topliss-reactive ketones (excluding diaryl/α,β-unsaturated/α-hetero) is 1. The number of anilines is 1. The second-order valence-electron chi connectivity index (χ2n) is 7.94. The molecule has 0 bridgehead atoms. The fraction of sp³-hybridized carbons (Fsp3) is 0.115. The van der Waals surface area contributed by atoms with Crippen LogP contribution in [0.1, 0.15) is 17.2 Å². The first-order valence-corrected chi connectivity index (χ1v) is 11.9. The van der Waals surface area contributed by atoms with Gasteiger partial charge in [0, 0.05) is 10.6 Å². The molecule has 4 aromatic rings. The van der Waals surface area contributed by atoms with E-state index in [-0.39, 0.29) is 28.0 Å². The fourth-order valence-corrected chi connectivity index (χ4v) is 5.39. The van der Waals surface area contributed by atoms with Crippen molar-refractivity contribution in [1.29, 1.82) is 0 Å². The second-order valence-corrected chi connectivity index (χ2v) is 9.39. The van der Waals surface area contributed by atoms with Crippen molar-refractivity contribution >= 4 is 55.7 Å². The Kier molecular flexibility index (Phi) is 6.03. The summed E-state index contributed by atoms with van der Waals surface area (Å²) in [4.78, 5) is 32.6. The van der Waals surface area contributed by atoms with Crippen LogP contribution in [-0.4, -0.2) is 41.1 Å². The van der Waals surface area contributed by atoms with Gasteiger partial charge >= 0.3 is 5.91 Å². The van der Waals surface area contributed by atoms with Gasteiger partial charge in [0.25, 0.3) is 5.78 Å². The number of benzene rings is 3. The molecule has 1 amide bonds. The molecule has 0 saturated carbocycles. The highest BCUT2D eigenvalue weighted by Gasteiger charge is 2.48. The van der Waals surface area contributed by atoms with Crippen LogP contribution in [0, 0.1) is 0 Å². The number of methoxy groups -OCH3 is 2. The number of ketones is 1. The minimum absolute atomic E-state index is 0.111. The van der Waals surface area contributed by atoms with Gasteiger partial charge in [0.05, 0.1) is 36.1 Å². The van der Waals surface area contributed by atoms with Crippen molar-refractivity contribution < 1.29 is 29.3 Å². The maximum atomic E-state index is 13.4. The summed E-state index contributed by atoms with van der Waals surface area (Å²) < 4.78 is 11.2. The third kappa shape index (κ3) is 3.92. The molecule has 8 nitrogen and oxygen atoms in total. The molecule has 1 aromatic heterocycles. The van der Waals surface area contributed by atoms with Gasteiger partial charge in [-0.1, -0.05) is 41.1 Å². The maximum Gasteiger partial charge on any atom is 0.301 e. The first-order valence-electron chi connectivity index (χ1n) is 10.7. The quantitative estimate of drug-likeness (QED) is 0.208. The smallest absolute Gasteiger partial charge is 0.301 e. The number of carbonyl (C=O) groups is 2. The van der Waals surface area contributed by atoms with Crippen molar-refractivity contribution in [2.45, 2.75) is 6.04 Å². The molecule has 1 atom stereocenters. The molecule has 1 aliphatic rings. The van der Waals surface area contributed by atoms with Crippen molar-refractivity contribution in [3.05, 3.63) is 82.4 Å². The highest BCUT2D eigenvalue weighted by atomic mass is 35.5. The number of rotatable bonds is 5. The number of ether oxygens (including phenoxy) is 2. The number of phenols is 1. The Labute approximate surface area is 214 Å². The van der Waals surface area contributed by atoms with Gasteiger partial charge in [-0.2, -0.15) is 0 Å². The number of hydrogen-bond donors (Lipinski definition) is 2. The summed E-state index contributed by atoms with van der Waals surface area (Å²) in [6.07, 6.45) is 0. The summed E-state index contributed by atoms with van der Waals surface area (Å²) in [6.45, 7) is 0. The Hall–Kier alpha value is -4.08. The van der Waals surface area contributed by atoms with E-state index in [9.17, 15) is 19.8 Å². The zero-order chi connectivity index (χ0) is 25.6. The standard InChI is InChI=1S/C26H19ClN2O6S/c1-34-16-5-3-4-14(10-16)23(31)21-22(13-6-9-18(30)19(11-13)35-2)29(25(33)24(21)32)26-28-17-8-7-15(27)12-20(17)36-26/h3-12,22,30-31H,1-2H3. The molecule has 2 heterocycles. The van der Waals surface area contributed by atoms with E-state index >= 15 is 0 Å². The van der Waals surface area contributed by atoms with Gasteiger partial charge in [0.2, 0.25) is 0 Å². The molecule has 1 aliphatic heterocycles. The Morgan fingerprint density at radius 1 is 1.06 bits per heavy atom. The molecule has 1 unspecified atom stereocenters. The van der Waals surface area contributed by atoms with Gasteiger partial charge in [-0.05, 0) is 48.0 Å². The van der Waals surface area contributed by atoms with E-state index in [0.717, 1.165) is 4.70 Å². The summed E-state index contributed by atoms with van der Waals surface area (Å²) >= 11 is 7.32. The minimum Gasteiger partial charge on any atom is -0.507 e. The van der Waals surface area contributed by atoms with E-state index in [0.29, 0.717) is 27.4 Å².